The molecule has 2 heterocycles. The maximum Gasteiger partial charge on any atom is 0.223 e. The zero-order chi connectivity index (χ0) is 10.8. The number of hydrogen-bond acceptors (Lipinski definition) is 4. The number of carbonyl (C=O) groups excluding carboxylic acids is 1. The van der Waals surface area contributed by atoms with Gasteiger partial charge in [0.1, 0.15) is 11.5 Å². The van der Waals surface area contributed by atoms with E-state index in [2.05, 4.69) is 5.16 Å². The van der Waals surface area contributed by atoms with Gasteiger partial charge in [-0.3, -0.25) is 4.79 Å². The zero-order valence-electron chi connectivity index (χ0n) is 8.77. The van der Waals surface area contributed by atoms with Crippen LogP contribution in [0.2, 0.25) is 0 Å². The van der Waals surface area contributed by atoms with Crippen LogP contribution in [0.15, 0.2) is 10.6 Å². The third-order valence-corrected chi connectivity index (χ3v) is 2.66. The van der Waals surface area contributed by atoms with Crippen molar-refractivity contribution in [3.63, 3.8) is 0 Å². The van der Waals surface area contributed by atoms with E-state index in [1.807, 2.05) is 13.0 Å². The topological polar surface area (TPSA) is 72.4 Å². The molecule has 1 amide bonds. The summed E-state index contributed by atoms with van der Waals surface area (Å²) < 4.78 is 4.95. The van der Waals surface area contributed by atoms with E-state index in [0.717, 1.165) is 18.0 Å². The fourth-order valence-corrected chi connectivity index (χ4v) is 1.85. The molecule has 1 saturated heterocycles. The van der Waals surface area contributed by atoms with E-state index >= 15 is 0 Å². The first-order chi connectivity index (χ1) is 7.19. The Morgan fingerprint density at radius 1 is 1.73 bits per heavy atom. The molecule has 0 saturated carbocycles. The van der Waals surface area contributed by atoms with Gasteiger partial charge in [0.05, 0.1) is 6.54 Å². The first-order valence-electron chi connectivity index (χ1n) is 5.09. The minimum Gasteiger partial charge on any atom is -0.361 e. The quantitative estimate of drug-likeness (QED) is 0.776. The van der Waals surface area contributed by atoms with E-state index in [-0.39, 0.29) is 5.91 Å². The molecular weight excluding hydrogens is 194 g/mol. The normalized spacial score (nSPS) is 21.3. The fraction of sp³-hybridized carbons (Fsp3) is 0.600. The van der Waals surface area contributed by atoms with Crippen LogP contribution in [0, 0.1) is 12.8 Å². The molecule has 15 heavy (non-hydrogen) atoms. The van der Waals surface area contributed by atoms with Gasteiger partial charge in [-0.25, -0.2) is 0 Å². The SMILES string of the molecule is Cc1cc(CN2CC(CN)CC2=O)no1. The molecule has 1 aliphatic rings. The standard InChI is InChI=1S/C10H15N3O2/c1-7-2-9(12-15-7)6-13-5-8(4-11)3-10(13)14/h2,8H,3-6,11H2,1H3. The van der Waals surface area contributed by atoms with Gasteiger partial charge in [0.2, 0.25) is 5.91 Å². The molecule has 0 bridgehead atoms. The van der Waals surface area contributed by atoms with Crippen LogP contribution in [0.1, 0.15) is 17.9 Å². The molecule has 1 fully saturated rings. The summed E-state index contributed by atoms with van der Waals surface area (Å²) >= 11 is 0. The van der Waals surface area contributed by atoms with Crippen LogP contribution in [-0.2, 0) is 11.3 Å². The molecular formula is C10H15N3O2. The van der Waals surface area contributed by atoms with E-state index in [0.29, 0.717) is 25.4 Å². The molecule has 5 heteroatoms. The molecule has 1 unspecified atom stereocenters. The number of aryl methyl sites for hydroxylation is 1. The summed E-state index contributed by atoms with van der Waals surface area (Å²) in [4.78, 5) is 13.4. The summed E-state index contributed by atoms with van der Waals surface area (Å²) in [5.41, 5.74) is 6.35. The Bertz CT molecular complexity index is 361. The summed E-state index contributed by atoms with van der Waals surface area (Å²) in [6.45, 7) is 3.68. The molecule has 1 aliphatic heterocycles. The summed E-state index contributed by atoms with van der Waals surface area (Å²) in [6, 6.07) is 1.85. The van der Waals surface area contributed by atoms with Crippen molar-refractivity contribution in [3.8, 4) is 0 Å². The van der Waals surface area contributed by atoms with E-state index in [1.54, 1.807) is 4.90 Å². The van der Waals surface area contributed by atoms with Crippen LogP contribution < -0.4 is 5.73 Å². The highest BCUT2D eigenvalue weighted by Crippen LogP contribution is 2.18. The number of nitrogens with two attached hydrogens (primary N) is 1. The Morgan fingerprint density at radius 3 is 3.07 bits per heavy atom. The highest BCUT2D eigenvalue weighted by atomic mass is 16.5. The van der Waals surface area contributed by atoms with Gasteiger partial charge in [0.15, 0.2) is 0 Å². The lowest BCUT2D eigenvalue weighted by Gasteiger charge is -2.13. The van der Waals surface area contributed by atoms with Crippen molar-refractivity contribution in [2.24, 2.45) is 11.7 Å². The minimum absolute atomic E-state index is 0.158. The van der Waals surface area contributed by atoms with Crippen molar-refractivity contribution in [2.75, 3.05) is 13.1 Å². The van der Waals surface area contributed by atoms with E-state index in [1.165, 1.54) is 0 Å². The van der Waals surface area contributed by atoms with Crippen LogP contribution in [0.25, 0.3) is 0 Å². The van der Waals surface area contributed by atoms with Crippen LogP contribution in [-0.4, -0.2) is 29.1 Å². The van der Waals surface area contributed by atoms with Gasteiger partial charge in [0.25, 0.3) is 0 Å². The Morgan fingerprint density at radius 2 is 2.53 bits per heavy atom. The lowest BCUT2D eigenvalue weighted by atomic mass is 10.1. The van der Waals surface area contributed by atoms with Gasteiger partial charge in [-0.1, -0.05) is 5.16 Å². The number of carbonyl (C=O) groups is 1. The third-order valence-electron chi connectivity index (χ3n) is 2.66. The molecule has 0 spiro atoms. The average Bonchev–Trinajstić information content (AvgIpc) is 2.75. The average molecular weight is 209 g/mol. The molecule has 0 aliphatic carbocycles. The van der Waals surface area contributed by atoms with Crippen molar-refractivity contribution in [1.82, 2.24) is 10.1 Å². The Hall–Kier alpha value is -1.36. The van der Waals surface area contributed by atoms with E-state index < -0.39 is 0 Å². The number of rotatable bonds is 3. The van der Waals surface area contributed by atoms with E-state index in [9.17, 15) is 4.79 Å². The Labute approximate surface area is 88.2 Å². The minimum atomic E-state index is 0.158. The molecule has 82 valence electrons. The van der Waals surface area contributed by atoms with Gasteiger partial charge in [-0.2, -0.15) is 0 Å². The fourth-order valence-electron chi connectivity index (χ4n) is 1.85. The van der Waals surface area contributed by atoms with Gasteiger partial charge >= 0.3 is 0 Å². The number of likely N-dealkylation sites (tertiary alicyclic amines) is 1. The van der Waals surface area contributed by atoms with Crippen LogP contribution in [0.4, 0.5) is 0 Å². The molecule has 0 radical (unpaired) electrons. The van der Waals surface area contributed by atoms with Crippen molar-refractivity contribution < 1.29 is 9.32 Å². The smallest absolute Gasteiger partial charge is 0.223 e. The zero-order valence-corrected chi connectivity index (χ0v) is 8.77. The summed E-state index contributed by atoms with van der Waals surface area (Å²) in [5.74, 6) is 1.23. The maximum atomic E-state index is 11.6. The molecule has 2 N–H and O–H groups in total. The monoisotopic (exact) mass is 209 g/mol. The molecule has 1 atom stereocenters. The second-order valence-corrected chi connectivity index (χ2v) is 4.01. The van der Waals surface area contributed by atoms with Crippen LogP contribution in [0.5, 0.6) is 0 Å². The lowest BCUT2D eigenvalue weighted by Crippen LogP contribution is -2.25. The number of aromatic nitrogens is 1. The molecule has 1 aromatic heterocycles. The number of nitrogens with zero attached hydrogens (tertiary/aromatic N) is 2. The van der Waals surface area contributed by atoms with E-state index in [4.69, 9.17) is 10.3 Å². The van der Waals surface area contributed by atoms with Crippen molar-refractivity contribution in [1.29, 1.82) is 0 Å². The highest BCUT2D eigenvalue weighted by molar-refractivity contribution is 5.78. The molecule has 5 nitrogen and oxygen atoms in total. The van der Waals surface area contributed by atoms with Gasteiger partial charge in [0, 0.05) is 19.0 Å². The summed E-state index contributed by atoms with van der Waals surface area (Å²) in [5, 5.41) is 3.86. The second kappa shape index (κ2) is 4.02. The number of hydrogen-bond donors (Lipinski definition) is 1. The Balaban J connectivity index is 1.98. The van der Waals surface area contributed by atoms with Gasteiger partial charge in [-0.05, 0) is 19.4 Å². The van der Waals surface area contributed by atoms with Gasteiger partial charge in [-0.15, -0.1) is 0 Å². The maximum absolute atomic E-state index is 11.6. The predicted molar refractivity (Wildman–Crippen MR) is 53.8 cm³/mol. The third kappa shape index (κ3) is 2.18. The largest absolute Gasteiger partial charge is 0.361 e. The van der Waals surface area contributed by atoms with Gasteiger partial charge < -0.3 is 15.2 Å². The van der Waals surface area contributed by atoms with Crippen LogP contribution in [0.3, 0.4) is 0 Å². The first kappa shape index (κ1) is 10.2. The summed E-state index contributed by atoms with van der Waals surface area (Å²) in [6.07, 6.45) is 0.563. The summed E-state index contributed by atoms with van der Waals surface area (Å²) in [7, 11) is 0. The number of amides is 1. The van der Waals surface area contributed by atoms with Crippen molar-refractivity contribution in [2.45, 2.75) is 19.9 Å². The van der Waals surface area contributed by atoms with Crippen LogP contribution >= 0.6 is 0 Å². The lowest BCUT2D eigenvalue weighted by molar-refractivity contribution is -0.128. The van der Waals surface area contributed by atoms with Crippen molar-refractivity contribution >= 4 is 5.91 Å². The molecule has 0 aromatic carbocycles. The first-order valence-corrected chi connectivity index (χ1v) is 5.09. The molecule has 1 aromatic rings. The molecule has 2 rings (SSSR count). The highest BCUT2D eigenvalue weighted by Gasteiger charge is 2.28. The predicted octanol–water partition coefficient (Wildman–Crippen LogP) is 0.290. The second-order valence-electron chi connectivity index (χ2n) is 4.01. The van der Waals surface area contributed by atoms with Crippen molar-refractivity contribution in [3.05, 3.63) is 17.5 Å². The Kier molecular flexibility index (Phi) is 2.73.